The van der Waals surface area contributed by atoms with Crippen molar-refractivity contribution in [1.82, 2.24) is 39.9 Å². The van der Waals surface area contributed by atoms with Crippen LogP contribution in [0.4, 0.5) is 0 Å². The van der Waals surface area contributed by atoms with Crippen LogP contribution in [-0.4, -0.2) is 39.9 Å². The molecule has 8 nitrogen and oxygen atoms in total. The highest BCUT2D eigenvalue weighted by atomic mass is 15.0. The third kappa shape index (κ3) is 10.4. The summed E-state index contributed by atoms with van der Waals surface area (Å²) in [6.45, 7) is 6.03. The first-order valence-corrected chi connectivity index (χ1v) is 27.3. The van der Waals surface area contributed by atoms with Crippen LogP contribution >= 0.6 is 0 Å². The molecule has 3 heterocycles. The smallest absolute Gasteiger partial charge is 0.164 e. The number of benzene rings is 10. The first kappa shape index (κ1) is 50.5. The van der Waals surface area contributed by atoms with Gasteiger partial charge in [0, 0.05) is 56.9 Å². The van der Waals surface area contributed by atoms with Crippen molar-refractivity contribution < 1.29 is 0 Å². The summed E-state index contributed by atoms with van der Waals surface area (Å²) >= 11 is 0. The molecule has 0 fully saturated rings. The molecular weight excluding hydrogens is 1000 g/mol. The maximum absolute atomic E-state index is 5.15. The molecule has 0 aliphatic carbocycles. The van der Waals surface area contributed by atoms with E-state index in [1.807, 2.05) is 116 Å². The second-order valence-electron chi connectivity index (χ2n) is 20.0. The van der Waals surface area contributed by atoms with E-state index in [0.29, 0.717) is 34.9 Å². The highest BCUT2D eigenvalue weighted by Crippen LogP contribution is 2.41. The van der Waals surface area contributed by atoms with Crippen LogP contribution in [0, 0.1) is 0 Å². The summed E-state index contributed by atoms with van der Waals surface area (Å²) in [5.74, 6) is 3.63. The van der Waals surface area contributed by atoms with Gasteiger partial charge in [0.2, 0.25) is 0 Å². The van der Waals surface area contributed by atoms with Crippen LogP contribution in [0.15, 0.2) is 280 Å². The minimum Gasteiger partial charge on any atom is -0.244 e. The minimum absolute atomic E-state index is 0.590. The van der Waals surface area contributed by atoms with Crippen LogP contribution in [0.1, 0.15) is 18.9 Å². The quantitative estimate of drug-likeness (QED) is 0.0992. The number of fused-ring (bicyclic) bond motifs is 2. The molecule has 0 bridgehead atoms. The lowest BCUT2D eigenvalue weighted by Gasteiger charge is -2.16. The molecule has 0 aliphatic rings. The van der Waals surface area contributed by atoms with E-state index < -0.39 is 0 Å². The molecule has 0 N–H and O–H groups in total. The van der Waals surface area contributed by atoms with Gasteiger partial charge in [-0.05, 0) is 85.5 Å². The van der Waals surface area contributed by atoms with Crippen molar-refractivity contribution in [1.29, 1.82) is 0 Å². The van der Waals surface area contributed by atoms with E-state index in [4.69, 9.17) is 29.9 Å². The summed E-state index contributed by atoms with van der Waals surface area (Å²) in [5.41, 5.74) is 16.3. The van der Waals surface area contributed by atoms with Gasteiger partial charge in [-0.15, -0.1) is 0 Å². The Morgan fingerprint density at radius 3 is 1.26 bits per heavy atom. The number of aromatic nitrogens is 8. The van der Waals surface area contributed by atoms with E-state index in [-0.39, 0.29) is 0 Å². The van der Waals surface area contributed by atoms with E-state index in [9.17, 15) is 0 Å². The molecule has 3 aromatic heterocycles. The predicted molar refractivity (Wildman–Crippen MR) is 336 cm³/mol. The first-order chi connectivity index (χ1) is 40.5. The van der Waals surface area contributed by atoms with Crippen LogP contribution in [0.5, 0.6) is 0 Å². The number of nitrogens with zero attached hydrogens (tertiary/aromatic N) is 8. The molecule has 0 radical (unpaired) electrons. The zero-order chi connectivity index (χ0) is 55.2. The summed E-state index contributed by atoms with van der Waals surface area (Å²) in [7, 11) is 0. The van der Waals surface area contributed by atoms with Crippen molar-refractivity contribution >= 4 is 27.1 Å². The Balaban J connectivity index is 0.836. The maximum Gasteiger partial charge on any atom is 0.164 e. The van der Waals surface area contributed by atoms with Crippen molar-refractivity contribution in [2.75, 3.05) is 0 Å². The zero-order valence-corrected chi connectivity index (χ0v) is 45.0. The molecule has 13 rings (SSSR count). The summed E-state index contributed by atoms with van der Waals surface area (Å²) in [5, 5.41) is 4.61. The Morgan fingerprint density at radius 2 is 0.756 bits per heavy atom. The van der Waals surface area contributed by atoms with E-state index in [1.54, 1.807) is 6.33 Å². The average molecular weight is 1050 g/mol. The Morgan fingerprint density at radius 1 is 0.366 bits per heavy atom. The summed E-state index contributed by atoms with van der Waals surface area (Å²) in [6, 6.07) is 79.7. The van der Waals surface area contributed by atoms with Gasteiger partial charge < -0.3 is 0 Å². The second kappa shape index (κ2) is 22.8. The molecule has 0 atom stereocenters. The van der Waals surface area contributed by atoms with Crippen molar-refractivity contribution in [3.8, 4) is 113 Å². The fraction of sp³-hybridized carbons (Fsp3) is 0.0270. The molecule has 0 saturated heterocycles. The van der Waals surface area contributed by atoms with E-state index in [1.165, 1.54) is 27.5 Å². The lowest BCUT2D eigenvalue weighted by atomic mass is 9.89. The van der Waals surface area contributed by atoms with Crippen LogP contribution in [0.2, 0.25) is 0 Å². The number of hydrogen-bond donors (Lipinski definition) is 0. The molecule has 0 saturated carbocycles. The summed E-state index contributed by atoms with van der Waals surface area (Å²) < 4.78 is 0. The molecule has 388 valence electrons. The SMILES string of the molecule is C=C/C=C\C/C=C(\C)c1c(-c2ccc(-c3nc(-c4ccccc4)nc(-c4ccc(-c5ccc6ccc(-c7ccc(-c8nc(-c9ccccc9)nc(-c9ccccc9)n8)cc7)c(-c7cncnc7)c6c5)cc4)n3)cc2)ccc2ccccc12. The Kier molecular flexibility index (Phi) is 14.0. The molecule has 0 aliphatic heterocycles. The third-order valence-corrected chi connectivity index (χ3v) is 14.8. The van der Waals surface area contributed by atoms with Crippen molar-refractivity contribution in [3.05, 3.63) is 286 Å². The van der Waals surface area contributed by atoms with E-state index in [0.717, 1.165) is 89.5 Å². The maximum atomic E-state index is 5.15. The van der Waals surface area contributed by atoms with Crippen molar-refractivity contribution in [3.63, 3.8) is 0 Å². The summed E-state index contributed by atoms with van der Waals surface area (Å²) in [6.07, 6.45) is 14.4. The van der Waals surface area contributed by atoms with Gasteiger partial charge in [-0.25, -0.2) is 39.9 Å². The van der Waals surface area contributed by atoms with Gasteiger partial charge in [0.05, 0.1) is 0 Å². The first-order valence-electron chi connectivity index (χ1n) is 27.3. The van der Waals surface area contributed by atoms with E-state index in [2.05, 4.69) is 175 Å². The Hall–Kier alpha value is -11.0. The lowest BCUT2D eigenvalue weighted by Crippen LogP contribution is -2.00. The van der Waals surface area contributed by atoms with Crippen LogP contribution in [0.25, 0.3) is 140 Å². The van der Waals surface area contributed by atoms with Gasteiger partial charge in [0.25, 0.3) is 0 Å². The standard InChI is InChI=1S/C74H52N8/c1-3-4-5-9-18-49(2)67-63-26-17-16-19-51(63)41-43-64(67)52-29-36-59(37-30-52)74-81-71(57-24-14-8-15-25-57)80-72(82-74)58-34-27-50(28-35-58)61-40-33-54-42-44-65(68(66(54)45-61)62-46-75-48-76-47-62)53-31-38-60(39-32-53)73-78-69(55-20-10-6-11-21-55)77-70(79-73)56-22-12-7-13-23-56/h3-8,10-48H,1,9H2,2H3/b5-4-,49-18+. The monoisotopic (exact) mass is 1050 g/mol. The van der Waals surface area contributed by atoms with Crippen LogP contribution in [0.3, 0.4) is 0 Å². The van der Waals surface area contributed by atoms with Crippen LogP contribution in [-0.2, 0) is 0 Å². The number of hydrogen-bond acceptors (Lipinski definition) is 8. The van der Waals surface area contributed by atoms with Crippen molar-refractivity contribution in [2.45, 2.75) is 13.3 Å². The molecule has 82 heavy (non-hydrogen) atoms. The largest absolute Gasteiger partial charge is 0.244 e. The van der Waals surface area contributed by atoms with Crippen molar-refractivity contribution in [2.24, 2.45) is 0 Å². The Labute approximate surface area is 476 Å². The van der Waals surface area contributed by atoms with Gasteiger partial charge in [-0.2, -0.15) is 0 Å². The molecule has 13 aromatic rings. The molecule has 8 heteroatoms. The summed E-state index contributed by atoms with van der Waals surface area (Å²) in [4.78, 5) is 39.1. The second-order valence-corrected chi connectivity index (χ2v) is 20.0. The molecule has 0 unspecified atom stereocenters. The fourth-order valence-corrected chi connectivity index (χ4v) is 10.6. The van der Waals surface area contributed by atoms with Gasteiger partial charge >= 0.3 is 0 Å². The predicted octanol–water partition coefficient (Wildman–Crippen LogP) is 18.4. The molecule has 10 aromatic carbocycles. The van der Waals surface area contributed by atoms with E-state index >= 15 is 0 Å². The van der Waals surface area contributed by atoms with Gasteiger partial charge in [-0.1, -0.05) is 255 Å². The molecule has 0 amide bonds. The zero-order valence-electron chi connectivity index (χ0n) is 45.0. The molecular formula is C74H52N8. The number of allylic oxidation sites excluding steroid dienone is 5. The third-order valence-electron chi connectivity index (χ3n) is 14.8. The van der Waals surface area contributed by atoms with Crippen LogP contribution < -0.4 is 0 Å². The highest BCUT2D eigenvalue weighted by Gasteiger charge is 2.19. The lowest BCUT2D eigenvalue weighted by molar-refractivity contribution is 1.07. The average Bonchev–Trinajstić information content (AvgIpc) is 3.74. The van der Waals surface area contributed by atoms with Gasteiger partial charge in [-0.3, -0.25) is 0 Å². The fourth-order valence-electron chi connectivity index (χ4n) is 10.6. The topological polar surface area (TPSA) is 103 Å². The van der Waals surface area contributed by atoms with Gasteiger partial charge in [0.1, 0.15) is 6.33 Å². The highest BCUT2D eigenvalue weighted by molar-refractivity contribution is 6.06. The number of rotatable bonds is 14. The molecule has 0 spiro atoms. The Bertz CT molecular complexity index is 4450. The van der Waals surface area contributed by atoms with Gasteiger partial charge in [0.15, 0.2) is 34.9 Å². The normalized spacial score (nSPS) is 11.6. The minimum atomic E-state index is 0.590.